The number of esters is 2. The van der Waals surface area contributed by atoms with E-state index in [2.05, 4.69) is 26.0 Å². The monoisotopic (exact) mass is 1450 g/mol. The molecule has 10 heteroatoms. The summed E-state index contributed by atoms with van der Waals surface area (Å²) < 4.78 is 34.9. The molecule has 0 bridgehead atoms. The van der Waals surface area contributed by atoms with Crippen LogP contribution in [0, 0.1) is 0 Å². The Balaban J connectivity index is 3.81. The molecule has 0 spiro atoms. The normalized spacial score (nSPS) is 12.9. The first-order valence-corrected chi connectivity index (χ1v) is 47.4. The maximum absolute atomic E-state index is 12.9. The Bertz CT molecular complexity index is 1700. The van der Waals surface area contributed by atoms with Gasteiger partial charge in [-0.1, -0.05) is 469 Å². The highest BCUT2D eigenvalue weighted by Gasteiger charge is 2.27. The second-order valence-electron chi connectivity index (χ2n) is 33.1. The fraction of sp³-hybridized carbons (Fsp3) is 0.956. The van der Waals surface area contributed by atoms with Crippen molar-refractivity contribution in [3.05, 3.63) is 12.2 Å². The van der Waals surface area contributed by atoms with Crippen LogP contribution in [-0.4, -0.2) is 74.9 Å². The Hall–Kier alpha value is -1.25. The highest BCUT2D eigenvalue weighted by molar-refractivity contribution is 7.47. The van der Waals surface area contributed by atoms with Crippen LogP contribution in [0.25, 0.3) is 0 Å². The molecule has 101 heavy (non-hydrogen) atoms. The Morgan fingerprint density at radius 1 is 0.297 bits per heavy atom. The largest absolute Gasteiger partial charge is 0.472 e. The zero-order valence-electron chi connectivity index (χ0n) is 69.2. The van der Waals surface area contributed by atoms with Gasteiger partial charge in [0, 0.05) is 12.8 Å². The highest BCUT2D eigenvalue weighted by Crippen LogP contribution is 2.43. The molecule has 0 aliphatic carbocycles. The van der Waals surface area contributed by atoms with E-state index in [0.29, 0.717) is 17.4 Å². The number of carbonyl (C=O) groups excluding carboxylic acids is 2. The van der Waals surface area contributed by atoms with Crippen LogP contribution in [0.1, 0.15) is 508 Å². The summed E-state index contributed by atoms with van der Waals surface area (Å²) in [6.07, 6.45) is 107. The standard InChI is InChI=1S/C91H180NO8P/c1-6-8-10-12-14-16-18-20-22-24-26-28-30-32-34-36-38-40-42-44-46-48-50-52-54-56-58-60-62-64-66-68-70-72-74-76-78-80-82-84-91(94)100-89(88-99-101(95,96)98-86-85-92(3,4)5)87-97-90(93)83-81-79-77-75-73-71-69-67-65-63-61-59-57-55-53-51-49-47-45-43-41-39-37-35-33-31-29-27-25-23-21-19-17-15-13-11-9-7-2/h24,26,89H,6-23,25,27-88H2,1-5H3/p+1/b26-24-. The van der Waals surface area contributed by atoms with Crippen molar-refractivity contribution in [1.29, 1.82) is 0 Å². The number of allylic oxidation sites excluding steroid dienone is 2. The van der Waals surface area contributed by atoms with Crippen LogP contribution in [0.4, 0.5) is 0 Å². The van der Waals surface area contributed by atoms with Crippen LogP contribution in [0.5, 0.6) is 0 Å². The third kappa shape index (κ3) is 87.6. The number of hydrogen-bond acceptors (Lipinski definition) is 7. The second-order valence-corrected chi connectivity index (χ2v) is 34.5. The summed E-state index contributed by atoms with van der Waals surface area (Å²) in [5.74, 6) is -0.763. The molecule has 0 radical (unpaired) electrons. The Kier molecular flexibility index (Phi) is 81.8. The number of ether oxygens (including phenoxy) is 2. The van der Waals surface area contributed by atoms with Gasteiger partial charge in [-0.15, -0.1) is 0 Å². The lowest BCUT2D eigenvalue weighted by Gasteiger charge is -2.24. The van der Waals surface area contributed by atoms with Crippen molar-refractivity contribution in [2.75, 3.05) is 47.5 Å². The lowest BCUT2D eigenvalue weighted by Crippen LogP contribution is -2.37. The van der Waals surface area contributed by atoms with E-state index in [-0.39, 0.29) is 25.6 Å². The van der Waals surface area contributed by atoms with E-state index in [0.717, 1.165) is 38.5 Å². The molecule has 0 heterocycles. The smallest absolute Gasteiger partial charge is 0.462 e. The Morgan fingerprint density at radius 3 is 0.733 bits per heavy atom. The molecule has 1 N–H and O–H groups in total. The minimum absolute atomic E-state index is 0.0373. The average Bonchev–Trinajstić information content (AvgIpc) is 0.973. The fourth-order valence-electron chi connectivity index (χ4n) is 14.6. The Morgan fingerprint density at radius 2 is 0.505 bits per heavy atom. The summed E-state index contributed by atoms with van der Waals surface area (Å²) in [6, 6.07) is 0. The average molecular weight is 1450 g/mol. The lowest BCUT2D eigenvalue weighted by atomic mass is 10.0. The van der Waals surface area contributed by atoms with Gasteiger partial charge < -0.3 is 18.9 Å². The van der Waals surface area contributed by atoms with Gasteiger partial charge in [-0.3, -0.25) is 18.6 Å². The van der Waals surface area contributed by atoms with Crippen LogP contribution in [0.2, 0.25) is 0 Å². The molecule has 0 saturated heterocycles. The molecule has 0 aromatic heterocycles. The van der Waals surface area contributed by atoms with Gasteiger partial charge in [-0.25, -0.2) is 4.57 Å². The van der Waals surface area contributed by atoms with E-state index >= 15 is 0 Å². The van der Waals surface area contributed by atoms with E-state index in [1.165, 1.54) is 443 Å². The molecule has 0 aromatic rings. The zero-order chi connectivity index (χ0) is 73.3. The molecule has 0 aromatic carbocycles. The summed E-state index contributed by atoms with van der Waals surface area (Å²) in [7, 11) is 1.51. The van der Waals surface area contributed by atoms with Gasteiger partial charge in [0.1, 0.15) is 19.8 Å². The summed E-state index contributed by atoms with van der Waals surface area (Å²) in [5, 5.41) is 0. The molecular formula is C91H181NO8P+. The summed E-state index contributed by atoms with van der Waals surface area (Å²) in [4.78, 5) is 36.1. The minimum atomic E-state index is -4.39. The summed E-state index contributed by atoms with van der Waals surface area (Å²) in [5.41, 5.74) is 0. The summed E-state index contributed by atoms with van der Waals surface area (Å²) in [6.45, 7) is 4.54. The van der Waals surface area contributed by atoms with Crippen molar-refractivity contribution in [2.45, 2.75) is 514 Å². The van der Waals surface area contributed by atoms with Crippen molar-refractivity contribution in [3.63, 3.8) is 0 Å². The van der Waals surface area contributed by atoms with Crippen LogP contribution >= 0.6 is 7.82 Å². The fourth-order valence-corrected chi connectivity index (χ4v) is 15.3. The molecule has 0 saturated carbocycles. The number of rotatable bonds is 88. The van der Waals surface area contributed by atoms with Gasteiger partial charge in [0.05, 0.1) is 27.7 Å². The molecule has 0 aliphatic rings. The first-order valence-electron chi connectivity index (χ1n) is 45.9. The third-order valence-corrected chi connectivity index (χ3v) is 22.5. The van der Waals surface area contributed by atoms with E-state index in [4.69, 9.17) is 18.5 Å². The van der Waals surface area contributed by atoms with Crippen LogP contribution in [0.15, 0.2) is 12.2 Å². The van der Waals surface area contributed by atoms with Crippen molar-refractivity contribution in [1.82, 2.24) is 0 Å². The van der Waals surface area contributed by atoms with E-state index < -0.39 is 26.5 Å². The van der Waals surface area contributed by atoms with Gasteiger partial charge in [0.25, 0.3) is 0 Å². The number of quaternary nitrogens is 1. The van der Waals surface area contributed by atoms with Crippen molar-refractivity contribution < 1.29 is 42.1 Å². The van der Waals surface area contributed by atoms with Crippen LogP contribution < -0.4 is 0 Å². The SMILES string of the molecule is CCCCCCCCCC/C=C\CCCCCCCCCCCCCCCCCCCCCCCCCCCCCC(=O)OC(COC(=O)CCCCCCCCCCCCCCCCCCCCCCCCCCCCCCCCCCCCCCCC)COP(=O)(O)OCC[N+](C)(C)C. The highest BCUT2D eigenvalue weighted by atomic mass is 31.2. The van der Waals surface area contributed by atoms with Gasteiger partial charge in [0.15, 0.2) is 6.10 Å². The maximum atomic E-state index is 12.9. The molecule has 0 fully saturated rings. The second kappa shape index (κ2) is 82.8. The molecule has 9 nitrogen and oxygen atoms in total. The van der Waals surface area contributed by atoms with Crippen molar-refractivity contribution in [3.8, 4) is 0 Å². The zero-order valence-corrected chi connectivity index (χ0v) is 70.1. The minimum Gasteiger partial charge on any atom is -0.462 e. The number of phosphoric acid groups is 1. The van der Waals surface area contributed by atoms with Gasteiger partial charge in [0.2, 0.25) is 0 Å². The first-order chi connectivity index (χ1) is 49.5. The van der Waals surface area contributed by atoms with E-state index in [1.54, 1.807) is 0 Å². The maximum Gasteiger partial charge on any atom is 0.472 e. The van der Waals surface area contributed by atoms with E-state index in [1.807, 2.05) is 21.1 Å². The van der Waals surface area contributed by atoms with Crippen LogP contribution in [-0.2, 0) is 32.7 Å². The van der Waals surface area contributed by atoms with Crippen LogP contribution in [0.3, 0.4) is 0 Å². The molecule has 0 rings (SSSR count). The van der Waals surface area contributed by atoms with Gasteiger partial charge in [-0.05, 0) is 38.5 Å². The summed E-state index contributed by atoms with van der Waals surface area (Å²) >= 11 is 0. The number of hydrogen-bond donors (Lipinski definition) is 1. The van der Waals surface area contributed by atoms with Crippen molar-refractivity contribution >= 4 is 19.8 Å². The Labute approximate surface area is 632 Å². The predicted octanol–water partition coefficient (Wildman–Crippen LogP) is 30.9. The van der Waals surface area contributed by atoms with E-state index in [9.17, 15) is 19.0 Å². The topological polar surface area (TPSA) is 108 Å². The lowest BCUT2D eigenvalue weighted by molar-refractivity contribution is -0.870. The molecule has 2 atom stereocenters. The number of phosphoric ester groups is 1. The number of carbonyl (C=O) groups is 2. The molecule has 0 amide bonds. The number of unbranched alkanes of at least 4 members (excludes halogenated alkanes) is 72. The van der Waals surface area contributed by atoms with Crippen molar-refractivity contribution in [2.24, 2.45) is 0 Å². The number of likely N-dealkylation sites (N-methyl/N-ethyl adjacent to an activating group) is 1. The predicted molar refractivity (Wildman–Crippen MR) is 441 cm³/mol. The first kappa shape index (κ1) is 99.8. The molecular weight excluding hydrogens is 1270 g/mol. The molecule has 2 unspecified atom stereocenters. The van der Waals surface area contributed by atoms with Gasteiger partial charge >= 0.3 is 19.8 Å². The molecule has 602 valence electrons. The third-order valence-electron chi connectivity index (χ3n) is 21.5. The quantitative estimate of drug-likeness (QED) is 0.0211. The number of nitrogens with zero attached hydrogens (tertiary/aromatic N) is 1. The molecule has 0 aliphatic heterocycles. The van der Waals surface area contributed by atoms with Gasteiger partial charge in [-0.2, -0.15) is 0 Å².